The lowest BCUT2D eigenvalue weighted by Crippen LogP contribution is -0.856. The maximum Gasteiger partial charge on any atom is -0.0683 e. The van der Waals surface area contributed by atoms with E-state index in [1.54, 1.807) is 0 Å². The van der Waals surface area contributed by atoms with Gasteiger partial charge in [-0.1, -0.05) is 196 Å². The van der Waals surface area contributed by atoms with E-state index in [-0.39, 0.29) is 29.7 Å². The molecule has 0 aliphatic carbocycles. The van der Waals surface area contributed by atoms with Crippen molar-refractivity contribution in [3.05, 3.63) is 0 Å². The molecule has 0 rings (SSSR count). The molecule has 0 aromatic heterocycles. The van der Waals surface area contributed by atoms with E-state index in [9.17, 15) is 0 Å². The van der Waals surface area contributed by atoms with Crippen LogP contribution in [0, 0.1) is 0 Å². The summed E-state index contributed by atoms with van der Waals surface area (Å²) in [5, 5.41) is 0. The molecular weight excluding hydrogens is 336 g/mol. The quantitative estimate of drug-likeness (QED) is 0.362. The summed E-state index contributed by atoms with van der Waals surface area (Å²) in [5.41, 5.74) is 0. The molecule has 28 heavy (non-hydrogen) atoms. The first kappa shape index (κ1) is 142. The van der Waals surface area contributed by atoms with E-state index in [0.717, 1.165) is 0 Å². The van der Waals surface area contributed by atoms with Gasteiger partial charge in [0.25, 0.3) is 0 Å². The van der Waals surface area contributed by atoms with Gasteiger partial charge in [-0.15, -0.1) is 0 Å². The molecule has 0 N–H and O–H groups in total. The van der Waals surface area contributed by atoms with Crippen molar-refractivity contribution in [2.24, 2.45) is 0 Å². The Morgan fingerprint density at radius 1 is 0.107 bits per heavy atom. The van der Waals surface area contributed by atoms with Crippen molar-refractivity contribution in [3.63, 3.8) is 0 Å². The molecule has 0 fully saturated rings. The second-order valence-corrected chi connectivity index (χ2v) is 0. The zero-order chi connectivity index (χ0) is 24.0. The number of hydrogen-bond donors (Lipinski definition) is 0. The van der Waals surface area contributed by atoms with E-state index >= 15 is 0 Å². The van der Waals surface area contributed by atoms with Crippen molar-refractivity contribution in [2.75, 3.05) is 0 Å². The Balaban J connectivity index is -0.00000000396. The molecule has 0 aromatic carbocycles. The standard InChI is InChI=1S/12C2H6.4CH4/c12*1-2;;;;/h12*1-2H3;4*1H4. The van der Waals surface area contributed by atoms with Crippen LogP contribution in [0.4, 0.5) is 0 Å². The van der Waals surface area contributed by atoms with Gasteiger partial charge in [-0.3, -0.25) is 0 Å². The molecule has 0 aliphatic heterocycles. The molecule has 0 heterocycles. The smallest absolute Gasteiger partial charge is 0.0683 e. The summed E-state index contributed by atoms with van der Waals surface area (Å²) >= 11 is 0. The topological polar surface area (TPSA) is 0 Å². The molecule has 0 unspecified atom stereocenters. The van der Waals surface area contributed by atoms with Crippen molar-refractivity contribution in [2.45, 2.75) is 196 Å². The van der Waals surface area contributed by atoms with Crippen molar-refractivity contribution in [3.8, 4) is 0 Å². The zero-order valence-corrected chi connectivity index (χ0v) is 24.0. The third-order valence-corrected chi connectivity index (χ3v) is 0. The summed E-state index contributed by atoms with van der Waals surface area (Å²) in [6.07, 6.45) is 0. The van der Waals surface area contributed by atoms with Crippen LogP contribution in [0.3, 0.4) is 0 Å². The molecular formula is C28H88. The van der Waals surface area contributed by atoms with Crippen LogP contribution >= 0.6 is 0 Å². The summed E-state index contributed by atoms with van der Waals surface area (Å²) in [6.45, 7) is 48.0. The first-order valence-electron chi connectivity index (χ1n) is 12.0. The SMILES string of the molecule is C.C.C.C.CC.CC.CC.CC.CC.CC.CC.CC.CC.CC.CC.CC. The molecule has 0 heteroatoms. The largest absolute Gasteiger partial charge is 0.0776 e. The maximum absolute atomic E-state index is 2.00. The molecule has 200 valence electrons. The lowest BCUT2D eigenvalue weighted by molar-refractivity contribution is 1.50. The van der Waals surface area contributed by atoms with Crippen LogP contribution in [0.25, 0.3) is 0 Å². The van der Waals surface area contributed by atoms with E-state index in [4.69, 9.17) is 0 Å². The minimum atomic E-state index is 0. The van der Waals surface area contributed by atoms with Gasteiger partial charge in [-0.2, -0.15) is 0 Å². The van der Waals surface area contributed by atoms with Gasteiger partial charge in [0.2, 0.25) is 0 Å². The Hall–Kier alpha value is 0. The first-order valence-corrected chi connectivity index (χ1v) is 12.0. The Morgan fingerprint density at radius 3 is 0.107 bits per heavy atom. The Kier molecular flexibility index (Phi) is 0. The summed E-state index contributed by atoms with van der Waals surface area (Å²) in [7, 11) is 0. The Morgan fingerprint density at radius 2 is 0.107 bits per heavy atom. The fourth-order valence-corrected chi connectivity index (χ4v) is 0. The minimum Gasteiger partial charge on any atom is -0.0776 e. The van der Waals surface area contributed by atoms with Crippen LogP contribution in [-0.2, 0) is 0 Å². The van der Waals surface area contributed by atoms with E-state index in [2.05, 4.69) is 0 Å². The molecule has 0 nitrogen and oxygen atoms in total. The minimum absolute atomic E-state index is 0. The van der Waals surface area contributed by atoms with Crippen LogP contribution in [0.1, 0.15) is 196 Å². The highest BCUT2D eigenvalue weighted by atomic mass is 13.0. The van der Waals surface area contributed by atoms with Crippen molar-refractivity contribution >= 4 is 0 Å². The van der Waals surface area contributed by atoms with Gasteiger partial charge in [-0.25, -0.2) is 0 Å². The number of rotatable bonds is 0. The summed E-state index contributed by atoms with van der Waals surface area (Å²) in [6, 6.07) is 0. The highest BCUT2D eigenvalue weighted by Crippen LogP contribution is 1.17. The van der Waals surface area contributed by atoms with Crippen LogP contribution in [0.2, 0.25) is 0 Å². The molecule has 0 saturated carbocycles. The van der Waals surface area contributed by atoms with Crippen LogP contribution in [0.15, 0.2) is 0 Å². The lowest BCUT2D eigenvalue weighted by atomic mass is 11.0. The Labute approximate surface area is 196 Å². The van der Waals surface area contributed by atoms with Crippen LogP contribution in [-0.4, -0.2) is 0 Å². The summed E-state index contributed by atoms with van der Waals surface area (Å²) in [5.74, 6) is 0. The third-order valence-electron chi connectivity index (χ3n) is 0. The molecule has 0 spiro atoms. The first-order chi connectivity index (χ1) is 12.0. The fraction of sp³-hybridized carbons (Fsp3) is 1.00. The summed E-state index contributed by atoms with van der Waals surface area (Å²) in [4.78, 5) is 0. The molecule has 0 bridgehead atoms. The second kappa shape index (κ2) is 0. The summed E-state index contributed by atoms with van der Waals surface area (Å²) < 4.78 is 0. The van der Waals surface area contributed by atoms with Crippen molar-refractivity contribution < 1.29 is 0 Å². The Bertz CT molecular complexity index is 0. The van der Waals surface area contributed by atoms with Gasteiger partial charge >= 0.3 is 0 Å². The van der Waals surface area contributed by atoms with Gasteiger partial charge in [0, 0.05) is 0 Å². The van der Waals surface area contributed by atoms with Gasteiger partial charge in [0.15, 0.2) is 0 Å². The predicted octanol–water partition coefficient (Wildman–Crippen LogP) is 14.9. The molecule has 0 aromatic rings. The fourth-order valence-electron chi connectivity index (χ4n) is 0. The van der Waals surface area contributed by atoms with E-state index in [1.165, 1.54) is 0 Å². The number of hydrogen-bond acceptors (Lipinski definition) is 0. The molecule has 0 aliphatic rings. The average Bonchev–Trinajstić information content (AvgIpc) is 2.84. The van der Waals surface area contributed by atoms with E-state index in [0.29, 0.717) is 0 Å². The normalized spacial score (nSPS) is 2.57. The zero-order valence-electron chi connectivity index (χ0n) is 24.0. The molecule has 0 saturated heterocycles. The van der Waals surface area contributed by atoms with Crippen LogP contribution < -0.4 is 0 Å². The second-order valence-electron chi connectivity index (χ2n) is 0. The monoisotopic (exact) mass is 425 g/mol. The van der Waals surface area contributed by atoms with Gasteiger partial charge in [-0.05, 0) is 0 Å². The maximum atomic E-state index is 2.00. The van der Waals surface area contributed by atoms with E-state index < -0.39 is 0 Å². The van der Waals surface area contributed by atoms with Crippen molar-refractivity contribution in [1.82, 2.24) is 0 Å². The van der Waals surface area contributed by atoms with Gasteiger partial charge in [0.05, 0.1) is 0 Å². The average molecular weight is 425 g/mol. The van der Waals surface area contributed by atoms with Gasteiger partial charge in [0.1, 0.15) is 0 Å². The van der Waals surface area contributed by atoms with Gasteiger partial charge < -0.3 is 0 Å². The lowest BCUT2D eigenvalue weighted by Gasteiger charge is -1.07. The van der Waals surface area contributed by atoms with Crippen molar-refractivity contribution in [1.29, 1.82) is 0 Å². The van der Waals surface area contributed by atoms with E-state index in [1.807, 2.05) is 166 Å². The molecule has 0 amide bonds. The molecule has 0 atom stereocenters. The third kappa shape index (κ3) is 0. The predicted molar refractivity (Wildman–Crippen MR) is 163 cm³/mol. The molecule has 0 radical (unpaired) electrons. The highest BCUT2D eigenvalue weighted by molar-refractivity contribution is 3.53. The van der Waals surface area contributed by atoms with Crippen LogP contribution in [0.5, 0.6) is 0 Å². The highest BCUT2D eigenvalue weighted by Gasteiger charge is 0.954.